The fraction of sp³-hybridized carbons (Fsp3) is 0.533. The van der Waals surface area contributed by atoms with Crippen molar-refractivity contribution in [1.29, 1.82) is 0 Å². The van der Waals surface area contributed by atoms with Crippen molar-refractivity contribution in [2.24, 2.45) is 5.92 Å². The monoisotopic (exact) mass is 263 g/mol. The number of aromatic carboxylic acids is 1. The first-order valence-corrected chi connectivity index (χ1v) is 6.70. The molecule has 1 aromatic carbocycles. The Morgan fingerprint density at radius 2 is 2.21 bits per heavy atom. The number of ether oxygens (including phenoxy) is 1. The van der Waals surface area contributed by atoms with E-state index in [1.54, 1.807) is 6.07 Å². The van der Waals surface area contributed by atoms with Gasteiger partial charge in [-0.3, -0.25) is 0 Å². The fourth-order valence-corrected chi connectivity index (χ4v) is 1.99. The number of rotatable bonds is 7. The Hall–Kier alpha value is -1.55. The van der Waals surface area contributed by atoms with Gasteiger partial charge in [0.25, 0.3) is 0 Å². The van der Waals surface area contributed by atoms with Crippen LogP contribution in [0, 0.1) is 12.8 Å². The van der Waals surface area contributed by atoms with Crippen molar-refractivity contribution < 1.29 is 14.6 Å². The molecule has 1 aliphatic rings. The lowest BCUT2D eigenvalue weighted by Gasteiger charge is -2.20. The van der Waals surface area contributed by atoms with Crippen molar-refractivity contribution in [3.8, 4) is 0 Å². The number of hydrogen-bond acceptors (Lipinski definition) is 3. The summed E-state index contributed by atoms with van der Waals surface area (Å²) in [6.45, 7) is 4.24. The third-order valence-electron chi connectivity index (χ3n) is 3.50. The van der Waals surface area contributed by atoms with Gasteiger partial charge < -0.3 is 14.7 Å². The third-order valence-corrected chi connectivity index (χ3v) is 3.50. The topological polar surface area (TPSA) is 49.8 Å². The second kappa shape index (κ2) is 6.06. The molecular formula is C15H21NO3. The number of carboxylic acid groups (broad SMARTS) is 1. The molecule has 1 aliphatic carbocycles. The van der Waals surface area contributed by atoms with Crippen LogP contribution in [0.15, 0.2) is 18.2 Å². The summed E-state index contributed by atoms with van der Waals surface area (Å²) < 4.78 is 5.61. The predicted octanol–water partition coefficient (Wildman–Crippen LogP) is 2.56. The van der Waals surface area contributed by atoms with Gasteiger partial charge in [-0.25, -0.2) is 4.79 Å². The zero-order valence-corrected chi connectivity index (χ0v) is 11.6. The zero-order valence-electron chi connectivity index (χ0n) is 11.6. The molecule has 1 fully saturated rings. The smallest absolute Gasteiger partial charge is 0.335 e. The largest absolute Gasteiger partial charge is 0.478 e. The molecule has 0 aliphatic heterocycles. The van der Waals surface area contributed by atoms with E-state index < -0.39 is 5.97 Å². The van der Waals surface area contributed by atoms with Crippen LogP contribution in [0.3, 0.4) is 0 Å². The molecule has 0 radical (unpaired) electrons. The van der Waals surface area contributed by atoms with Crippen LogP contribution in [-0.2, 0) is 4.74 Å². The van der Waals surface area contributed by atoms with E-state index in [1.165, 1.54) is 12.8 Å². The van der Waals surface area contributed by atoms with Gasteiger partial charge in [0.2, 0.25) is 0 Å². The highest BCUT2D eigenvalue weighted by atomic mass is 16.5. The molecule has 0 aromatic heterocycles. The third kappa shape index (κ3) is 3.96. The van der Waals surface area contributed by atoms with E-state index in [9.17, 15) is 4.79 Å². The Morgan fingerprint density at radius 1 is 1.47 bits per heavy atom. The molecule has 104 valence electrons. The van der Waals surface area contributed by atoms with E-state index in [4.69, 9.17) is 9.84 Å². The van der Waals surface area contributed by atoms with Crippen molar-refractivity contribution in [2.75, 3.05) is 31.7 Å². The Balaban J connectivity index is 1.85. The standard InChI is InChI=1S/C15H21NO3/c1-11-9-13(5-6-14(11)15(17)18)16(2)7-8-19-10-12-3-4-12/h5-6,9,12H,3-4,7-8,10H2,1-2H3,(H,17,18). The molecule has 0 heterocycles. The highest BCUT2D eigenvalue weighted by molar-refractivity contribution is 5.89. The van der Waals surface area contributed by atoms with Crippen LogP contribution >= 0.6 is 0 Å². The van der Waals surface area contributed by atoms with Crippen LogP contribution in [0.2, 0.25) is 0 Å². The maximum absolute atomic E-state index is 10.9. The number of likely N-dealkylation sites (N-methyl/N-ethyl adjacent to an activating group) is 1. The normalized spacial score (nSPS) is 14.4. The van der Waals surface area contributed by atoms with Gasteiger partial charge in [0.05, 0.1) is 12.2 Å². The van der Waals surface area contributed by atoms with Gasteiger partial charge >= 0.3 is 5.97 Å². The summed E-state index contributed by atoms with van der Waals surface area (Å²) in [5.41, 5.74) is 2.18. The highest BCUT2D eigenvalue weighted by Crippen LogP contribution is 2.28. The first-order chi connectivity index (χ1) is 9.08. The maximum atomic E-state index is 10.9. The van der Waals surface area contributed by atoms with Crippen molar-refractivity contribution >= 4 is 11.7 Å². The minimum absolute atomic E-state index is 0.363. The lowest BCUT2D eigenvalue weighted by molar-refractivity contribution is 0.0696. The molecule has 0 spiro atoms. The van der Waals surface area contributed by atoms with Gasteiger partial charge in [0.15, 0.2) is 0 Å². The molecule has 0 unspecified atom stereocenters. The molecule has 4 nitrogen and oxygen atoms in total. The summed E-state index contributed by atoms with van der Waals surface area (Å²) in [5, 5.41) is 8.99. The van der Waals surface area contributed by atoms with E-state index in [2.05, 4.69) is 4.90 Å². The highest BCUT2D eigenvalue weighted by Gasteiger charge is 2.21. The van der Waals surface area contributed by atoms with E-state index in [0.717, 1.165) is 30.3 Å². The number of nitrogens with zero attached hydrogens (tertiary/aromatic N) is 1. The van der Waals surface area contributed by atoms with Crippen LogP contribution < -0.4 is 4.90 Å². The molecular weight excluding hydrogens is 242 g/mol. The van der Waals surface area contributed by atoms with Crippen LogP contribution in [0.4, 0.5) is 5.69 Å². The number of anilines is 1. The lowest BCUT2D eigenvalue weighted by Crippen LogP contribution is -2.23. The zero-order chi connectivity index (χ0) is 13.8. The molecule has 1 aromatic rings. The lowest BCUT2D eigenvalue weighted by atomic mass is 10.1. The molecule has 4 heteroatoms. The van der Waals surface area contributed by atoms with Crippen LogP contribution in [0.1, 0.15) is 28.8 Å². The summed E-state index contributed by atoms with van der Waals surface area (Å²) >= 11 is 0. The number of benzene rings is 1. The Bertz CT molecular complexity index is 455. The predicted molar refractivity (Wildman–Crippen MR) is 75.0 cm³/mol. The molecule has 0 saturated heterocycles. The number of hydrogen-bond donors (Lipinski definition) is 1. The minimum Gasteiger partial charge on any atom is -0.478 e. The Kier molecular flexibility index (Phi) is 4.43. The molecule has 0 bridgehead atoms. The van der Waals surface area contributed by atoms with Gasteiger partial charge in [-0.1, -0.05) is 0 Å². The molecule has 2 rings (SSSR count). The first kappa shape index (κ1) is 13.9. The summed E-state index contributed by atoms with van der Waals surface area (Å²) in [7, 11) is 2.00. The second-order valence-corrected chi connectivity index (χ2v) is 5.24. The number of carboxylic acids is 1. The van der Waals surface area contributed by atoms with Crippen molar-refractivity contribution in [3.63, 3.8) is 0 Å². The van der Waals surface area contributed by atoms with Gasteiger partial charge in [-0.2, -0.15) is 0 Å². The molecule has 0 amide bonds. The van der Waals surface area contributed by atoms with E-state index in [-0.39, 0.29) is 0 Å². The summed E-state index contributed by atoms with van der Waals surface area (Å²) in [5.74, 6) is -0.0816. The average molecular weight is 263 g/mol. The van der Waals surface area contributed by atoms with Crippen molar-refractivity contribution in [1.82, 2.24) is 0 Å². The van der Waals surface area contributed by atoms with E-state index in [1.807, 2.05) is 26.1 Å². The summed E-state index contributed by atoms with van der Waals surface area (Å²) in [6.07, 6.45) is 2.62. The van der Waals surface area contributed by atoms with Crippen LogP contribution in [0.5, 0.6) is 0 Å². The van der Waals surface area contributed by atoms with Crippen LogP contribution in [0.25, 0.3) is 0 Å². The summed E-state index contributed by atoms with van der Waals surface area (Å²) in [4.78, 5) is 13.0. The molecule has 0 atom stereocenters. The molecule has 19 heavy (non-hydrogen) atoms. The van der Waals surface area contributed by atoms with Crippen molar-refractivity contribution in [3.05, 3.63) is 29.3 Å². The van der Waals surface area contributed by atoms with E-state index >= 15 is 0 Å². The van der Waals surface area contributed by atoms with E-state index in [0.29, 0.717) is 12.2 Å². The quantitative estimate of drug-likeness (QED) is 0.768. The molecule has 1 N–H and O–H groups in total. The Morgan fingerprint density at radius 3 is 2.79 bits per heavy atom. The van der Waals surface area contributed by atoms with Gasteiger partial charge in [0, 0.05) is 25.9 Å². The van der Waals surface area contributed by atoms with Crippen molar-refractivity contribution in [2.45, 2.75) is 19.8 Å². The second-order valence-electron chi connectivity index (χ2n) is 5.24. The average Bonchev–Trinajstić information content (AvgIpc) is 3.17. The van der Waals surface area contributed by atoms with Crippen LogP contribution in [-0.4, -0.2) is 37.9 Å². The van der Waals surface area contributed by atoms with Gasteiger partial charge in [-0.15, -0.1) is 0 Å². The first-order valence-electron chi connectivity index (χ1n) is 6.70. The van der Waals surface area contributed by atoms with Gasteiger partial charge in [0.1, 0.15) is 0 Å². The summed E-state index contributed by atoms with van der Waals surface area (Å²) in [6, 6.07) is 5.41. The SMILES string of the molecule is Cc1cc(N(C)CCOCC2CC2)ccc1C(=O)O. The maximum Gasteiger partial charge on any atom is 0.335 e. The minimum atomic E-state index is -0.875. The number of carbonyl (C=O) groups is 1. The number of aryl methyl sites for hydroxylation is 1. The van der Waals surface area contributed by atoms with Gasteiger partial charge in [-0.05, 0) is 49.4 Å². The molecule has 1 saturated carbocycles. The Labute approximate surface area is 114 Å². The fourth-order valence-electron chi connectivity index (χ4n) is 1.99.